The van der Waals surface area contributed by atoms with Gasteiger partial charge >= 0.3 is 6.09 Å². The summed E-state index contributed by atoms with van der Waals surface area (Å²) in [4.78, 5) is 14.3. The topological polar surface area (TPSA) is 47.4 Å². The van der Waals surface area contributed by atoms with Gasteiger partial charge in [0.15, 0.2) is 0 Å². The van der Waals surface area contributed by atoms with E-state index in [0.717, 1.165) is 30.5 Å². The van der Waals surface area contributed by atoms with Crippen LogP contribution in [0.25, 0.3) is 11.1 Å². The van der Waals surface area contributed by atoms with Crippen molar-refractivity contribution in [1.82, 2.24) is 14.7 Å². The van der Waals surface area contributed by atoms with Crippen molar-refractivity contribution >= 4 is 6.09 Å². The Morgan fingerprint density at radius 2 is 2.04 bits per heavy atom. The Balaban J connectivity index is 1.48. The second kappa shape index (κ2) is 7.18. The van der Waals surface area contributed by atoms with Gasteiger partial charge in [-0.2, -0.15) is 5.10 Å². The summed E-state index contributed by atoms with van der Waals surface area (Å²) in [5, 5.41) is 4.30. The molecule has 2 aliphatic rings. The van der Waals surface area contributed by atoms with E-state index in [1.54, 1.807) is 15.8 Å². The maximum absolute atomic E-state index is 14.2. The first-order chi connectivity index (χ1) is 13.3. The van der Waals surface area contributed by atoms with Crippen molar-refractivity contribution < 1.29 is 18.3 Å². The lowest BCUT2D eigenvalue weighted by Crippen LogP contribution is -2.42. The van der Waals surface area contributed by atoms with Crippen LogP contribution < -0.4 is 0 Å². The van der Waals surface area contributed by atoms with Gasteiger partial charge < -0.3 is 9.64 Å². The smallest absolute Gasteiger partial charge is 0.410 e. The maximum atomic E-state index is 14.2. The SMILES string of the molecule is CC(C)(CCC1CC1)OC(=O)N1CCn2ncc(-c3ccc(F)cc3F)c2C1. The van der Waals surface area contributed by atoms with Gasteiger partial charge in [-0.05, 0) is 44.7 Å². The van der Waals surface area contributed by atoms with E-state index in [2.05, 4.69) is 5.10 Å². The van der Waals surface area contributed by atoms with E-state index < -0.39 is 17.2 Å². The van der Waals surface area contributed by atoms with Crippen LogP contribution in [-0.2, 0) is 17.8 Å². The highest BCUT2D eigenvalue weighted by Crippen LogP contribution is 2.36. The molecular weight excluding hydrogens is 364 g/mol. The zero-order valence-corrected chi connectivity index (χ0v) is 16.3. The van der Waals surface area contributed by atoms with Gasteiger partial charge in [0.2, 0.25) is 0 Å². The van der Waals surface area contributed by atoms with Gasteiger partial charge in [0.25, 0.3) is 0 Å². The number of benzene rings is 1. The first-order valence-electron chi connectivity index (χ1n) is 9.80. The lowest BCUT2D eigenvalue weighted by molar-refractivity contribution is 0.00199. The molecule has 2 aromatic rings. The number of carbonyl (C=O) groups excluding carboxylic acids is 1. The van der Waals surface area contributed by atoms with Gasteiger partial charge in [-0.25, -0.2) is 13.6 Å². The first-order valence-corrected chi connectivity index (χ1v) is 9.80. The molecule has 0 spiro atoms. The minimum Gasteiger partial charge on any atom is -0.443 e. The molecule has 0 radical (unpaired) electrons. The molecule has 28 heavy (non-hydrogen) atoms. The van der Waals surface area contributed by atoms with Gasteiger partial charge in [-0.15, -0.1) is 0 Å². The predicted octanol–water partition coefficient (Wildman–Crippen LogP) is 4.75. The van der Waals surface area contributed by atoms with E-state index in [1.807, 2.05) is 13.8 Å². The Labute approximate surface area is 163 Å². The third kappa shape index (κ3) is 4.03. The number of hydrogen-bond donors (Lipinski definition) is 0. The van der Waals surface area contributed by atoms with Gasteiger partial charge in [0.05, 0.1) is 25.0 Å². The highest BCUT2D eigenvalue weighted by Gasteiger charge is 2.32. The number of hydrogen-bond acceptors (Lipinski definition) is 3. The van der Waals surface area contributed by atoms with E-state index in [1.165, 1.54) is 25.0 Å². The Morgan fingerprint density at radius 3 is 2.75 bits per heavy atom. The second-order valence-electron chi connectivity index (χ2n) is 8.38. The number of fused-ring (bicyclic) bond motifs is 1. The van der Waals surface area contributed by atoms with Crippen LogP contribution in [0.5, 0.6) is 0 Å². The van der Waals surface area contributed by atoms with E-state index in [4.69, 9.17) is 4.74 Å². The highest BCUT2D eigenvalue weighted by molar-refractivity contribution is 5.70. The van der Waals surface area contributed by atoms with Crippen molar-refractivity contribution in [3.8, 4) is 11.1 Å². The first kappa shape index (κ1) is 18.9. The summed E-state index contributed by atoms with van der Waals surface area (Å²) in [7, 11) is 0. The molecule has 150 valence electrons. The van der Waals surface area contributed by atoms with Crippen LogP contribution in [-0.4, -0.2) is 32.9 Å². The molecule has 1 aromatic carbocycles. The van der Waals surface area contributed by atoms with Crippen LogP contribution in [0.15, 0.2) is 24.4 Å². The number of halogens is 2. The fourth-order valence-corrected chi connectivity index (χ4v) is 3.64. The predicted molar refractivity (Wildman–Crippen MR) is 101 cm³/mol. The van der Waals surface area contributed by atoms with Gasteiger partial charge in [0, 0.05) is 23.7 Å². The zero-order chi connectivity index (χ0) is 19.9. The minimum atomic E-state index is -0.642. The molecule has 0 bridgehead atoms. The van der Waals surface area contributed by atoms with E-state index >= 15 is 0 Å². The van der Waals surface area contributed by atoms with Gasteiger partial charge in [-0.3, -0.25) is 4.68 Å². The standard InChI is InChI=1S/C21H25F2N3O2/c1-21(2,8-7-14-3-4-14)28-20(27)25-9-10-26-19(13-25)17(12-24-26)16-6-5-15(22)11-18(16)23/h5-6,11-12,14H,3-4,7-10,13H2,1-2H3. The fraction of sp³-hybridized carbons (Fsp3) is 0.524. The Morgan fingerprint density at radius 1 is 1.25 bits per heavy atom. The van der Waals surface area contributed by atoms with E-state index in [-0.39, 0.29) is 18.2 Å². The van der Waals surface area contributed by atoms with Crippen LogP contribution in [0.2, 0.25) is 0 Å². The molecule has 0 atom stereocenters. The van der Waals surface area contributed by atoms with Crippen molar-refractivity contribution in [2.45, 2.75) is 58.2 Å². The molecule has 1 saturated carbocycles. The molecule has 0 unspecified atom stereocenters. The zero-order valence-electron chi connectivity index (χ0n) is 16.3. The number of ether oxygens (including phenoxy) is 1. The van der Waals surface area contributed by atoms with Crippen LogP contribution in [0, 0.1) is 17.6 Å². The summed E-state index contributed by atoms with van der Waals surface area (Å²) < 4.78 is 35.0. The van der Waals surface area contributed by atoms with Crippen LogP contribution in [0.3, 0.4) is 0 Å². The quantitative estimate of drug-likeness (QED) is 0.741. The van der Waals surface area contributed by atoms with Crippen molar-refractivity contribution in [2.75, 3.05) is 6.54 Å². The number of aromatic nitrogens is 2. The summed E-state index contributed by atoms with van der Waals surface area (Å²) in [6.07, 6.45) is 5.70. The summed E-state index contributed by atoms with van der Waals surface area (Å²) in [6.45, 7) is 5.17. The second-order valence-corrected chi connectivity index (χ2v) is 8.38. The van der Waals surface area contributed by atoms with Gasteiger partial charge in [-0.1, -0.05) is 12.8 Å². The summed E-state index contributed by atoms with van der Waals surface area (Å²) in [5.74, 6) is -0.479. The monoisotopic (exact) mass is 389 g/mol. The molecule has 7 heteroatoms. The molecule has 4 rings (SSSR count). The normalized spacial score (nSPS) is 16.8. The molecule has 2 heterocycles. The molecular formula is C21H25F2N3O2. The van der Waals surface area contributed by atoms with E-state index in [9.17, 15) is 13.6 Å². The number of nitrogens with zero attached hydrogens (tertiary/aromatic N) is 3. The third-order valence-corrected chi connectivity index (χ3v) is 5.57. The lowest BCUT2D eigenvalue weighted by Gasteiger charge is -2.32. The average Bonchev–Trinajstić information content (AvgIpc) is 3.38. The largest absolute Gasteiger partial charge is 0.443 e. The van der Waals surface area contributed by atoms with Crippen molar-refractivity contribution in [3.63, 3.8) is 0 Å². The Kier molecular flexibility index (Phi) is 4.85. The fourth-order valence-electron chi connectivity index (χ4n) is 3.64. The van der Waals surface area contributed by atoms with Crippen LogP contribution >= 0.6 is 0 Å². The Bertz CT molecular complexity index is 890. The molecule has 1 aliphatic carbocycles. The molecule has 0 N–H and O–H groups in total. The maximum Gasteiger partial charge on any atom is 0.410 e. The molecule has 1 aromatic heterocycles. The van der Waals surface area contributed by atoms with Crippen molar-refractivity contribution in [2.24, 2.45) is 5.92 Å². The van der Waals surface area contributed by atoms with Gasteiger partial charge in [0.1, 0.15) is 17.2 Å². The number of amides is 1. The summed E-state index contributed by atoms with van der Waals surface area (Å²) in [5.41, 5.74) is 1.07. The lowest BCUT2D eigenvalue weighted by atomic mass is 10.0. The van der Waals surface area contributed by atoms with Crippen molar-refractivity contribution in [3.05, 3.63) is 41.7 Å². The molecule has 1 fully saturated rings. The van der Waals surface area contributed by atoms with E-state index in [0.29, 0.717) is 18.7 Å². The number of rotatable bonds is 5. The minimum absolute atomic E-state index is 0.280. The summed E-state index contributed by atoms with van der Waals surface area (Å²) >= 11 is 0. The van der Waals surface area contributed by atoms with Crippen LogP contribution in [0.1, 0.15) is 45.2 Å². The van der Waals surface area contributed by atoms with Crippen LogP contribution in [0.4, 0.5) is 13.6 Å². The molecule has 1 aliphatic heterocycles. The molecule has 5 nitrogen and oxygen atoms in total. The Hall–Kier alpha value is -2.44. The molecule has 0 saturated heterocycles. The summed E-state index contributed by atoms with van der Waals surface area (Å²) in [6, 6.07) is 3.48. The average molecular weight is 389 g/mol. The highest BCUT2D eigenvalue weighted by atomic mass is 19.1. The third-order valence-electron chi connectivity index (χ3n) is 5.57. The number of carbonyl (C=O) groups is 1. The van der Waals surface area contributed by atoms with Crippen molar-refractivity contribution in [1.29, 1.82) is 0 Å². The molecule has 1 amide bonds.